The van der Waals surface area contributed by atoms with Gasteiger partial charge in [-0.15, -0.1) is 0 Å². The molecule has 1 saturated heterocycles. The fraction of sp³-hybridized carbons (Fsp3) is 0.136. The van der Waals surface area contributed by atoms with E-state index in [1.807, 2.05) is 60.8 Å². The summed E-state index contributed by atoms with van der Waals surface area (Å²) < 4.78 is 0. The van der Waals surface area contributed by atoms with Crippen molar-refractivity contribution in [2.24, 2.45) is 0 Å². The number of imide groups is 1. The Morgan fingerprint density at radius 2 is 1.78 bits per heavy atom. The monoisotopic (exact) mass is 428 g/mol. The van der Waals surface area contributed by atoms with Crippen LogP contribution in [0.4, 0.5) is 22.4 Å². The quantitative estimate of drug-likeness (QED) is 0.345. The van der Waals surface area contributed by atoms with Crippen LogP contribution in [0.1, 0.15) is 11.4 Å². The molecule has 5 N–H and O–H groups in total. The van der Waals surface area contributed by atoms with Crippen LogP contribution in [-0.2, 0) is 17.8 Å². The molecule has 0 bridgehead atoms. The smallest absolute Gasteiger partial charge is 0.325 e. The first kappa shape index (κ1) is 19.5. The number of carbonyl (C=O) groups is 2. The zero-order chi connectivity index (χ0) is 22.1. The Morgan fingerprint density at radius 1 is 1.00 bits per heavy atom. The van der Waals surface area contributed by atoms with Crippen LogP contribution in [0.25, 0.3) is 10.9 Å². The number of anilines is 3. The van der Waals surface area contributed by atoms with Crippen molar-refractivity contribution in [1.29, 1.82) is 0 Å². The number of nitrogen functional groups attached to an aromatic ring is 1. The lowest BCUT2D eigenvalue weighted by Crippen LogP contribution is -2.32. The second-order valence-corrected chi connectivity index (χ2v) is 7.41. The third-order valence-electron chi connectivity index (χ3n) is 5.23. The summed E-state index contributed by atoms with van der Waals surface area (Å²) in [6.07, 6.45) is 2.24. The predicted octanol–water partition coefficient (Wildman–Crippen LogP) is 2.34. The molecule has 0 saturated carbocycles. The summed E-state index contributed by atoms with van der Waals surface area (Å²) in [7, 11) is 0. The summed E-state index contributed by atoms with van der Waals surface area (Å²) in [5.74, 6) is 0.112. The molecule has 32 heavy (non-hydrogen) atoms. The number of nitrogens with two attached hydrogens (primary N) is 1. The zero-order valence-electron chi connectivity index (χ0n) is 16.9. The van der Waals surface area contributed by atoms with E-state index in [2.05, 4.69) is 30.6 Å². The molecule has 3 amide bonds. The molecule has 1 unspecified atom stereocenters. The van der Waals surface area contributed by atoms with Crippen LogP contribution in [-0.4, -0.2) is 42.8 Å². The van der Waals surface area contributed by atoms with E-state index in [0.717, 1.165) is 27.1 Å². The Hall–Kier alpha value is -4.47. The van der Waals surface area contributed by atoms with Crippen molar-refractivity contribution < 1.29 is 9.59 Å². The van der Waals surface area contributed by atoms with Gasteiger partial charge in [-0.25, -0.2) is 4.79 Å². The summed E-state index contributed by atoms with van der Waals surface area (Å²) in [5, 5.41) is 6.81. The number of amides is 3. The molecule has 3 heterocycles. The summed E-state index contributed by atoms with van der Waals surface area (Å²) in [4.78, 5) is 42.2. The van der Waals surface area contributed by atoms with Gasteiger partial charge in [0.25, 0.3) is 5.91 Å². The Bertz CT molecular complexity index is 1300. The molecule has 4 aromatic rings. The van der Waals surface area contributed by atoms with Gasteiger partial charge in [0.1, 0.15) is 6.04 Å². The van der Waals surface area contributed by atoms with Crippen LogP contribution in [0.2, 0.25) is 0 Å². The van der Waals surface area contributed by atoms with Crippen LogP contribution in [0, 0.1) is 0 Å². The standard InChI is InChI=1S/C22H20N8O2/c23-20-27-18(28-21(29-20)25-14-6-2-1-3-7-14)12-30-19(31)17(26-22(30)32)10-13-11-24-16-9-5-4-8-15(13)16/h1-9,11,17,24H,10,12H2,(H,26,32)(H3,23,25,27,28,29). The highest BCUT2D eigenvalue weighted by molar-refractivity contribution is 6.04. The molecule has 2 aromatic heterocycles. The Balaban J connectivity index is 1.32. The number of aromatic amines is 1. The molecule has 10 nitrogen and oxygen atoms in total. The average molecular weight is 428 g/mol. The van der Waals surface area contributed by atoms with Crippen LogP contribution in [0.5, 0.6) is 0 Å². The molecule has 160 valence electrons. The van der Waals surface area contributed by atoms with E-state index < -0.39 is 12.1 Å². The van der Waals surface area contributed by atoms with Gasteiger partial charge in [-0.3, -0.25) is 9.69 Å². The highest BCUT2D eigenvalue weighted by Gasteiger charge is 2.38. The van der Waals surface area contributed by atoms with Crippen molar-refractivity contribution in [2.75, 3.05) is 11.1 Å². The van der Waals surface area contributed by atoms with E-state index in [1.165, 1.54) is 0 Å². The number of rotatable bonds is 6. The molecular formula is C22H20N8O2. The van der Waals surface area contributed by atoms with Gasteiger partial charge < -0.3 is 21.4 Å². The number of nitrogens with one attached hydrogen (secondary N) is 3. The van der Waals surface area contributed by atoms with E-state index in [1.54, 1.807) is 0 Å². The number of H-pyrrole nitrogens is 1. The third kappa shape index (κ3) is 3.81. The van der Waals surface area contributed by atoms with Crippen molar-refractivity contribution in [3.05, 3.63) is 72.2 Å². The fourth-order valence-corrected chi connectivity index (χ4v) is 3.74. The Morgan fingerprint density at radius 3 is 2.62 bits per heavy atom. The van der Waals surface area contributed by atoms with E-state index in [-0.39, 0.29) is 30.2 Å². The van der Waals surface area contributed by atoms with Crippen molar-refractivity contribution in [3.8, 4) is 0 Å². The molecule has 0 aliphatic carbocycles. The number of carbonyl (C=O) groups excluding carboxylic acids is 2. The lowest BCUT2D eigenvalue weighted by Gasteiger charge is -2.13. The first-order valence-corrected chi connectivity index (χ1v) is 10.1. The van der Waals surface area contributed by atoms with Gasteiger partial charge in [-0.2, -0.15) is 15.0 Å². The van der Waals surface area contributed by atoms with Crippen molar-refractivity contribution in [3.63, 3.8) is 0 Å². The largest absolute Gasteiger partial charge is 0.368 e. The average Bonchev–Trinajstić information content (AvgIpc) is 3.30. The van der Waals surface area contributed by atoms with Crippen LogP contribution < -0.4 is 16.4 Å². The number of para-hydroxylation sites is 2. The van der Waals surface area contributed by atoms with Crippen molar-refractivity contribution in [2.45, 2.75) is 19.0 Å². The van der Waals surface area contributed by atoms with Gasteiger partial charge in [-0.1, -0.05) is 36.4 Å². The Kier molecular flexibility index (Phi) is 4.86. The van der Waals surface area contributed by atoms with Gasteiger partial charge in [0.15, 0.2) is 5.82 Å². The summed E-state index contributed by atoms with van der Waals surface area (Å²) in [6, 6.07) is 16.0. The lowest BCUT2D eigenvalue weighted by atomic mass is 10.1. The van der Waals surface area contributed by atoms with Gasteiger partial charge in [0, 0.05) is 29.2 Å². The number of fused-ring (bicyclic) bond motifs is 1. The highest BCUT2D eigenvalue weighted by atomic mass is 16.2. The number of nitrogens with zero attached hydrogens (tertiary/aromatic N) is 4. The molecule has 1 aliphatic heterocycles. The number of benzene rings is 2. The summed E-state index contributed by atoms with van der Waals surface area (Å²) in [5.41, 5.74) is 8.53. The van der Waals surface area contributed by atoms with Gasteiger partial charge in [0.2, 0.25) is 11.9 Å². The van der Waals surface area contributed by atoms with Crippen LogP contribution in [0.15, 0.2) is 60.8 Å². The minimum Gasteiger partial charge on any atom is -0.368 e. The second-order valence-electron chi connectivity index (χ2n) is 7.41. The molecular weight excluding hydrogens is 408 g/mol. The topological polar surface area (TPSA) is 142 Å². The fourth-order valence-electron chi connectivity index (χ4n) is 3.74. The zero-order valence-corrected chi connectivity index (χ0v) is 16.9. The van der Waals surface area contributed by atoms with Crippen molar-refractivity contribution in [1.82, 2.24) is 30.2 Å². The van der Waals surface area contributed by atoms with Crippen LogP contribution in [0.3, 0.4) is 0 Å². The molecule has 5 rings (SSSR count). The molecule has 1 atom stereocenters. The maximum absolute atomic E-state index is 13.0. The molecule has 0 radical (unpaired) electrons. The van der Waals surface area contributed by atoms with E-state index >= 15 is 0 Å². The second kappa shape index (κ2) is 7.99. The maximum atomic E-state index is 13.0. The third-order valence-corrected chi connectivity index (χ3v) is 5.23. The maximum Gasteiger partial charge on any atom is 0.325 e. The molecule has 10 heteroatoms. The normalized spacial score (nSPS) is 15.9. The minimum absolute atomic E-state index is 0.00386. The van der Waals surface area contributed by atoms with Gasteiger partial charge in [-0.05, 0) is 23.8 Å². The number of hydrogen-bond acceptors (Lipinski definition) is 7. The summed E-state index contributed by atoms with van der Waals surface area (Å²) in [6.45, 7) is -0.106. The Labute approximate surface area is 182 Å². The minimum atomic E-state index is -0.664. The predicted molar refractivity (Wildman–Crippen MR) is 119 cm³/mol. The van der Waals surface area contributed by atoms with Gasteiger partial charge >= 0.3 is 6.03 Å². The molecule has 0 spiro atoms. The van der Waals surface area contributed by atoms with Crippen molar-refractivity contribution >= 4 is 40.4 Å². The SMILES string of the molecule is Nc1nc(CN2C(=O)NC(Cc3c[nH]c4ccccc34)C2=O)nc(Nc2ccccc2)n1. The van der Waals surface area contributed by atoms with Gasteiger partial charge in [0.05, 0.1) is 6.54 Å². The first-order chi connectivity index (χ1) is 15.6. The van der Waals surface area contributed by atoms with Crippen LogP contribution >= 0.6 is 0 Å². The number of aromatic nitrogens is 4. The first-order valence-electron chi connectivity index (χ1n) is 10.1. The number of urea groups is 1. The number of hydrogen-bond donors (Lipinski definition) is 4. The molecule has 1 fully saturated rings. The molecule has 1 aliphatic rings. The van der Waals surface area contributed by atoms with E-state index in [4.69, 9.17) is 5.73 Å². The van der Waals surface area contributed by atoms with E-state index in [0.29, 0.717) is 6.42 Å². The summed E-state index contributed by atoms with van der Waals surface area (Å²) >= 11 is 0. The lowest BCUT2D eigenvalue weighted by molar-refractivity contribution is -0.127. The molecule has 2 aromatic carbocycles. The van der Waals surface area contributed by atoms with E-state index in [9.17, 15) is 9.59 Å². The highest BCUT2D eigenvalue weighted by Crippen LogP contribution is 2.22.